The van der Waals surface area contributed by atoms with E-state index in [1.165, 1.54) is 12.1 Å². The highest BCUT2D eigenvalue weighted by molar-refractivity contribution is 5.97. The second-order valence-corrected chi connectivity index (χ2v) is 5.42. The summed E-state index contributed by atoms with van der Waals surface area (Å²) in [5, 5.41) is 11.6. The summed E-state index contributed by atoms with van der Waals surface area (Å²) in [5.74, 6) is -1.41. The predicted molar refractivity (Wildman–Crippen MR) is 86.4 cm³/mol. The van der Waals surface area contributed by atoms with Crippen LogP contribution in [0.4, 0.5) is 4.79 Å². The highest BCUT2D eigenvalue weighted by atomic mass is 16.6. The molecule has 0 fully saturated rings. The van der Waals surface area contributed by atoms with E-state index in [-0.39, 0.29) is 5.56 Å². The van der Waals surface area contributed by atoms with E-state index in [0.717, 1.165) is 5.56 Å². The number of esters is 1. The molecule has 0 radical (unpaired) electrons. The van der Waals surface area contributed by atoms with Crippen LogP contribution in [0.25, 0.3) is 0 Å². The van der Waals surface area contributed by atoms with E-state index >= 15 is 0 Å². The lowest BCUT2D eigenvalue weighted by molar-refractivity contribution is -0.139. The highest BCUT2D eigenvalue weighted by Crippen LogP contribution is 2.28. The van der Waals surface area contributed by atoms with Crippen molar-refractivity contribution < 1.29 is 29.0 Å². The number of hydrogen-bond acceptors (Lipinski definition) is 5. The van der Waals surface area contributed by atoms with E-state index in [2.05, 4.69) is 10.1 Å². The van der Waals surface area contributed by atoms with Gasteiger partial charge in [0.2, 0.25) is 0 Å². The number of benzene rings is 2. The molecule has 1 heterocycles. The van der Waals surface area contributed by atoms with Gasteiger partial charge < -0.3 is 19.9 Å². The van der Waals surface area contributed by atoms with E-state index in [4.69, 9.17) is 4.74 Å². The zero-order chi connectivity index (χ0) is 17.8. The minimum Gasteiger partial charge on any atom is -0.493 e. The molecule has 0 aliphatic carbocycles. The van der Waals surface area contributed by atoms with Crippen LogP contribution in [0.1, 0.15) is 27.5 Å². The van der Waals surface area contributed by atoms with Crippen molar-refractivity contribution in [3.05, 3.63) is 65.2 Å². The first-order valence-electron chi connectivity index (χ1n) is 7.61. The molecular formula is C18H15NO6. The Hall–Kier alpha value is -3.35. The van der Waals surface area contributed by atoms with Crippen LogP contribution in [0.15, 0.2) is 48.5 Å². The number of carboxylic acids is 1. The Balaban J connectivity index is 1.70. The monoisotopic (exact) mass is 341 g/mol. The van der Waals surface area contributed by atoms with Crippen LogP contribution in [0.2, 0.25) is 0 Å². The van der Waals surface area contributed by atoms with Crippen molar-refractivity contribution >= 4 is 18.0 Å². The average molecular weight is 341 g/mol. The van der Waals surface area contributed by atoms with Gasteiger partial charge >= 0.3 is 18.0 Å². The standard InChI is InChI=1S/C18H15NO6/c20-16(21)15(13-6-7-14-12(10-13)8-9-24-14)19-18(23)25-17(22)11-4-2-1-3-5-11/h1-7,10,15H,8-9H2,(H,19,23)(H,20,21). The Morgan fingerprint density at radius 2 is 1.88 bits per heavy atom. The Labute approximate surface area is 143 Å². The second kappa shape index (κ2) is 7.04. The molecule has 1 unspecified atom stereocenters. The Kier molecular flexibility index (Phi) is 4.65. The molecule has 128 valence electrons. The van der Waals surface area contributed by atoms with Crippen LogP contribution in [0.3, 0.4) is 0 Å². The summed E-state index contributed by atoms with van der Waals surface area (Å²) in [6.45, 7) is 0.539. The topological polar surface area (TPSA) is 102 Å². The molecule has 0 bridgehead atoms. The maximum atomic E-state index is 11.9. The number of aliphatic carboxylic acids is 1. The SMILES string of the molecule is O=C(NC(C(=O)O)c1ccc2c(c1)CCO2)OC(=O)c1ccccc1. The summed E-state index contributed by atoms with van der Waals surface area (Å²) < 4.78 is 10.0. The highest BCUT2D eigenvalue weighted by Gasteiger charge is 2.26. The van der Waals surface area contributed by atoms with E-state index in [0.29, 0.717) is 24.3 Å². The number of hydrogen-bond donors (Lipinski definition) is 2. The molecule has 0 saturated heterocycles. The van der Waals surface area contributed by atoms with Crippen LogP contribution in [0.5, 0.6) is 5.75 Å². The maximum absolute atomic E-state index is 11.9. The van der Waals surface area contributed by atoms with Crippen LogP contribution in [-0.4, -0.2) is 29.7 Å². The van der Waals surface area contributed by atoms with Crippen molar-refractivity contribution in [3.63, 3.8) is 0 Å². The normalized spacial score (nSPS) is 13.3. The number of ether oxygens (including phenoxy) is 2. The molecule has 1 atom stereocenters. The lowest BCUT2D eigenvalue weighted by Crippen LogP contribution is -2.35. The van der Waals surface area contributed by atoms with Gasteiger partial charge in [-0.2, -0.15) is 0 Å². The van der Waals surface area contributed by atoms with Crippen molar-refractivity contribution in [1.82, 2.24) is 5.32 Å². The minimum atomic E-state index is -1.33. The van der Waals surface area contributed by atoms with Gasteiger partial charge in [0.25, 0.3) is 0 Å². The summed E-state index contributed by atoms with van der Waals surface area (Å²) in [5.41, 5.74) is 1.44. The molecule has 25 heavy (non-hydrogen) atoms. The molecule has 0 aromatic heterocycles. The van der Waals surface area contributed by atoms with Gasteiger partial charge in [-0.1, -0.05) is 24.3 Å². The first kappa shape index (κ1) is 16.5. The molecule has 1 aliphatic heterocycles. The molecule has 2 aromatic carbocycles. The van der Waals surface area contributed by atoms with Crippen molar-refractivity contribution in [2.24, 2.45) is 0 Å². The third-order valence-corrected chi connectivity index (χ3v) is 3.75. The third-order valence-electron chi connectivity index (χ3n) is 3.75. The first-order valence-corrected chi connectivity index (χ1v) is 7.61. The summed E-state index contributed by atoms with van der Waals surface area (Å²) in [4.78, 5) is 35.3. The van der Waals surface area contributed by atoms with Gasteiger partial charge in [0.15, 0.2) is 6.04 Å². The molecule has 1 aliphatic rings. The van der Waals surface area contributed by atoms with Gasteiger partial charge in [-0.25, -0.2) is 14.4 Å². The van der Waals surface area contributed by atoms with Crippen LogP contribution in [0, 0.1) is 0 Å². The van der Waals surface area contributed by atoms with Gasteiger partial charge in [0.05, 0.1) is 12.2 Å². The Bertz CT molecular complexity index is 818. The van der Waals surface area contributed by atoms with E-state index in [9.17, 15) is 19.5 Å². The molecule has 7 heteroatoms. The summed E-state index contributed by atoms with van der Waals surface area (Å²) in [7, 11) is 0. The number of alkyl carbamates (subject to hydrolysis) is 1. The fraction of sp³-hybridized carbons (Fsp3) is 0.167. The van der Waals surface area contributed by atoms with Crippen molar-refractivity contribution in [1.29, 1.82) is 0 Å². The van der Waals surface area contributed by atoms with Crippen molar-refractivity contribution in [2.45, 2.75) is 12.5 Å². The number of rotatable bonds is 4. The number of nitrogens with one attached hydrogen (secondary N) is 1. The lowest BCUT2D eigenvalue weighted by atomic mass is 10.0. The second-order valence-electron chi connectivity index (χ2n) is 5.42. The van der Waals surface area contributed by atoms with Crippen LogP contribution in [-0.2, 0) is 16.0 Å². The lowest BCUT2D eigenvalue weighted by Gasteiger charge is -2.15. The number of carboxylic acid groups (broad SMARTS) is 1. The van der Waals surface area contributed by atoms with Gasteiger partial charge in [-0.15, -0.1) is 0 Å². The maximum Gasteiger partial charge on any atom is 0.416 e. The fourth-order valence-corrected chi connectivity index (χ4v) is 2.54. The van der Waals surface area contributed by atoms with E-state index in [1.807, 2.05) is 0 Å². The number of amides is 1. The number of carbonyl (C=O) groups is 3. The predicted octanol–water partition coefficient (Wildman–Crippen LogP) is 2.31. The smallest absolute Gasteiger partial charge is 0.416 e. The largest absolute Gasteiger partial charge is 0.493 e. The van der Waals surface area contributed by atoms with Crippen LogP contribution >= 0.6 is 0 Å². The molecule has 2 aromatic rings. The summed E-state index contributed by atoms with van der Waals surface area (Å²) in [6.07, 6.45) is -0.454. The quantitative estimate of drug-likeness (QED) is 0.653. The Morgan fingerprint density at radius 1 is 1.12 bits per heavy atom. The van der Waals surface area contributed by atoms with Crippen LogP contribution < -0.4 is 10.1 Å². The zero-order valence-corrected chi connectivity index (χ0v) is 13.1. The van der Waals surface area contributed by atoms with Gasteiger partial charge in [-0.05, 0) is 35.4 Å². The Morgan fingerprint density at radius 3 is 2.60 bits per heavy atom. The molecule has 3 rings (SSSR count). The van der Waals surface area contributed by atoms with E-state index < -0.39 is 24.1 Å². The van der Waals surface area contributed by atoms with Gasteiger partial charge in [0.1, 0.15) is 5.75 Å². The zero-order valence-electron chi connectivity index (χ0n) is 13.1. The first-order chi connectivity index (χ1) is 12.0. The molecule has 2 N–H and O–H groups in total. The summed E-state index contributed by atoms with van der Waals surface area (Å²) >= 11 is 0. The third kappa shape index (κ3) is 3.77. The molecular weight excluding hydrogens is 326 g/mol. The van der Waals surface area contributed by atoms with Crippen molar-refractivity contribution in [3.8, 4) is 5.75 Å². The summed E-state index contributed by atoms with van der Waals surface area (Å²) in [6, 6.07) is 11.5. The molecule has 0 saturated carbocycles. The molecule has 7 nitrogen and oxygen atoms in total. The van der Waals surface area contributed by atoms with Gasteiger partial charge in [-0.3, -0.25) is 0 Å². The number of carbonyl (C=O) groups excluding carboxylic acids is 2. The van der Waals surface area contributed by atoms with E-state index in [1.54, 1.807) is 36.4 Å². The number of fused-ring (bicyclic) bond motifs is 1. The van der Waals surface area contributed by atoms with Gasteiger partial charge in [0, 0.05) is 6.42 Å². The average Bonchev–Trinajstić information content (AvgIpc) is 3.07. The fourth-order valence-electron chi connectivity index (χ4n) is 2.54. The van der Waals surface area contributed by atoms with Crippen molar-refractivity contribution in [2.75, 3.05) is 6.61 Å². The minimum absolute atomic E-state index is 0.194. The molecule has 0 spiro atoms. The molecule has 1 amide bonds.